The first-order valence-electron chi connectivity index (χ1n) is 7.93. The van der Waals surface area contributed by atoms with Gasteiger partial charge in [0.25, 0.3) is 0 Å². The van der Waals surface area contributed by atoms with E-state index in [9.17, 15) is 13.6 Å². The highest BCUT2D eigenvalue weighted by Gasteiger charge is 2.12. The zero-order valence-corrected chi connectivity index (χ0v) is 13.9. The van der Waals surface area contributed by atoms with Gasteiger partial charge in [0.15, 0.2) is 0 Å². The smallest absolute Gasteiger partial charge is 0.224 e. The standard InChI is InChI=1S/C19H22F2N2O/c1-12(2)13-3-5-14(6-4-13)18(22)11-23-19(24)10-15-9-16(20)7-8-17(15)21/h3-9,12,18H,10-11,22H2,1-2H3,(H,23,24). The van der Waals surface area contributed by atoms with Gasteiger partial charge in [-0.25, -0.2) is 8.78 Å². The van der Waals surface area contributed by atoms with E-state index in [0.29, 0.717) is 5.92 Å². The summed E-state index contributed by atoms with van der Waals surface area (Å²) in [4.78, 5) is 11.9. The van der Waals surface area contributed by atoms with Crippen LogP contribution in [0.2, 0.25) is 0 Å². The van der Waals surface area contributed by atoms with Crippen molar-refractivity contribution in [3.8, 4) is 0 Å². The summed E-state index contributed by atoms with van der Waals surface area (Å²) >= 11 is 0. The lowest BCUT2D eigenvalue weighted by atomic mass is 9.99. The van der Waals surface area contributed by atoms with Crippen LogP contribution >= 0.6 is 0 Å². The summed E-state index contributed by atoms with van der Waals surface area (Å²) in [6, 6.07) is 10.6. The lowest BCUT2D eigenvalue weighted by Gasteiger charge is -2.15. The van der Waals surface area contributed by atoms with Crippen molar-refractivity contribution in [3.05, 3.63) is 70.8 Å². The topological polar surface area (TPSA) is 55.1 Å². The maximum absolute atomic E-state index is 13.5. The predicted molar refractivity (Wildman–Crippen MR) is 90.5 cm³/mol. The number of halogens is 2. The number of carbonyl (C=O) groups excluding carboxylic acids is 1. The maximum Gasteiger partial charge on any atom is 0.224 e. The van der Waals surface area contributed by atoms with Gasteiger partial charge >= 0.3 is 0 Å². The number of amides is 1. The molecule has 2 rings (SSSR count). The van der Waals surface area contributed by atoms with Crippen LogP contribution in [0.4, 0.5) is 8.78 Å². The minimum atomic E-state index is -0.597. The maximum atomic E-state index is 13.5. The molecule has 0 aliphatic heterocycles. The Morgan fingerprint density at radius 2 is 1.71 bits per heavy atom. The molecular formula is C19H22F2N2O. The van der Waals surface area contributed by atoms with Gasteiger partial charge in [-0.05, 0) is 35.2 Å². The van der Waals surface area contributed by atoms with Crippen LogP contribution in [0.15, 0.2) is 42.5 Å². The van der Waals surface area contributed by atoms with Crippen molar-refractivity contribution in [2.24, 2.45) is 5.73 Å². The fourth-order valence-corrected chi connectivity index (χ4v) is 2.38. The van der Waals surface area contributed by atoms with Crippen LogP contribution in [0.25, 0.3) is 0 Å². The average molecular weight is 332 g/mol. The Kier molecular flexibility index (Phi) is 6.04. The molecule has 5 heteroatoms. The lowest BCUT2D eigenvalue weighted by Crippen LogP contribution is -2.33. The van der Waals surface area contributed by atoms with Gasteiger partial charge in [-0.15, -0.1) is 0 Å². The number of hydrogen-bond acceptors (Lipinski definition) is 2. The second kappa shape index (κ2) is 8.02. The summed E-state index contributed by atoms with van der Waals surface area (Å²) in [5.74, 6) is -1.12. The van der Waals surface area contributed by atoms with E-state index in [1.165, 1.54) is 5.56 Å². The molecule has 0 spiro atoms. The number of nitrogens with one attached hydrogen (secondary N) is 1. The molecule has 0 saturated heterocycles. The number of carbonyl (C=O) groups is 1. The molecule has 0 heterocycles. The second-order valence-electron chi connectivity index (χ2n) is 6.14. The third-order valence-corrected chi connectivity index (χ3v) is 3.91. The molecule has 128 valence electrons. The summed E-state index contributed by atoms with van der Waals surface area (Å²) in [7, 11) is 0. The highest BCUT2D eigenvalue weighted by Crippen LogP contribution is 2.17. The molecule has 3 N–H and O–H groups in total. The van der Waals surface area contributed by atoms with Crippen molar-refractivity contribution in [1.29, 1.82) is 0 Å². The monoisotopic (exact) mass is 332 g/mol. The molecule has 0 aromatic heterocycles. The van der Waals surface area contributed by atoms with E-state index < -0.39 is 17.5 Å². The van der Waals surface area contributed by atoms with Gasteiger partial charge in [-0.2, -0.15) is 0 Å². The minimum absolute atomic E-state index is 0.0300. The van der Waals surface area contributed by atoms with Crippen molar-refractivity contribution in [2.75, 3.05) is 6.54 Å². The SMILES string of the molecule is CC(C)c1ccc(C(N)CNC(=O)Cc2cc(F)ccc2F)cc1. The number of nitrogens with two attached hydrogens (primary N) is 1. The Bertz CT molecular complexity index is 699. The van der Waals surface area contributed by atoms with E-state index in [1.54, 1.807) is 0 Å². The molecule has 3 nitrogen and oxygen atoms in total. The van der Waals surface area contributed by atoms with Crippen LogP contribution < -0.4 is 11.1 Å². The van der Waals surface area contributed by atoms with Gasteiger partial charge in [0.1, 0.15) is 11.6 Å². The predicted octanol–water partition coefficient (Wildman–Crippen LogP) is 3.45. The Morgan fingerprint density at radius 3 is 2.33 bits per heavy atom. The third kappa shape index (κ3) is 4.86. The van der Waals surface area contributed by atoms with Crippen molar-refractivity contribution in [1.82, 2.24) is 5.32 Å². The number of hydrogen-bond donors (Lipinski definition) is 2. The zero-order chi connectivity index (χ0) is 17.7. The Labute approximate surface area is 140 Å². The Balaban J connectivity index is 1.90. The van der Waals surface area contributed by atoms with Crippen LogP contribution in [0.1, 0.15) is 42.5 Å². The van der Waals surface area contributed by atoms with E-state index in [-0.39, 0.29) is 24.6 Å². The Hall–Kier alpha value is -2.27. The van der Waals surface area contributed by atoms with Crippen molar-refractivity contribution >= 4 is 5.91 Å². The molecule has 0 bridgehead atoms. The highest BCUT2D eigenvalue weighted by molar-refractivity contribution is 5.78. The van der Waals surface area contributed by atoms with Gasteiger partial charge in [0, 0.05) is 18.2 Å². The quantitative estimate of drug-likeness (QED) is 0.851. The van der Waals surface area contributed by atoms with Gasteiger partial charge in [0.05, 0.1) is 6.42 Å². The first-order valence-corrected chi connectivity index (χ1v) is 7.93. The Morgan fingerprint density at radius 1 is 1.08 bits per heavy atom. The minimum Gasteiger partial charge on any atom is -0.354 e. The molecular weight excluding hydrogens is 310 g/mol. The van der Waals surface area contributed by atoms with Crippen LogP contribution in [-0.2, 0) is 11.2 Å². The van der Waals surface area contributed by atoms with Crippen molar-refractivity contribution < 1.29 is 13.6 Å². The van der Waals surface area contributed by atoms with Gasteiger partial charge in [0.2, 0.25) is 5.91 Å². The number of rotatable bonds is 6. The molecule has 2 aromatic carbocycles. The fourth-order valence-electron chi connectivity index (χ4n) is 2.38. The van der Waals surface area contributed by atoms with Gasteiger partial charge in [-0.1, -0.05) is 38.1 Å². The molecule has 24 heavy (non-hydrogen) atoms. The first kappa shape index (κ1) is 18.1. The summed E-state index contributed by atoms with van der Waals surface area (Å²) in [6.45, 7) is 4.46. The average Bonchev–Trinajstić information content (AvgIpc) is 2.56. The molecule has 1 unspecified atom stereocenters. The van der Waals surface area contributed by atoms with E-state index >= 15 is 0 Å². The van der Waals surface area contributed by atoms with E-state index in [2.05, 4.69) is 19.2 Å². The van der Waals surface area contributed by atoms with Crippen LogP contribution in [0.5, 0.6) is 0 Å². The lowest BCUT2D eigenvalue weighted by molar-refractivity contribution is -0.120. The summed E-state index contributed by atoms with van der Waals surface area (Å²) < 4.78 is 26.6. The van der Waals surface area contributed by atoms with E-state index in [4.69, 9.17) is 5.73 Å². The molecule has 0 aliphatic carbocycles. The third-order valence-electron chi connectivity index (χ3n) is 3.91. The normalized spacial score (nSPS) is 12.2. The fraction of sp³-hybridized carbons (Fsp3) is 0.316. The van der Waals surface area contributed by atoms with Gasteiger partial charge in [-0.3, -0.25) is 4.79 Å². The molecule has 0 radical (unpaired) electrons. The largest absolute Gasteiger partial charge is 0.354 e. The number of benzene rings is 2. The molecule has 1 atom stereocenters. The molecule has 2 aromatic rings. The molecule has 0 fully saturated rings. The first-order chi connectivity index (χ1) is 11.4. The second-order valence-corrected chi connectivity index (χ2v) is 6.14. The zero-order valence-electron chi connectivity index (χ0n) is 13.9. The van der Waals surface area contributed by atoms with Gasteiger partial charge < -0.3 is 11.1 Å². The summed E-state index contributed by atoms with van der Waals surface area (Å²) in [5, 5.41) is 2.66. The molecule has 1 amide bonds. The van der Waals surface area contributed by atoms with Crippen LogP contribution in [0, 0.1) is 11.6 Å². The molecule has 0 aliphatic rings. The van der Waals surface area contributed by atoms with E-state index in [0.717, 1.165) is 23.8 Å². The van der Waals surface area contributed by atoms with Crippen molar-refractivity contribution in [2.45, 2.75) is 32.2 Å². The van der Waals surface area contributed by atoms with Crippen molar-refractivity contribution in [3.63, 3.8) is 0 Å². The summed E-state index contributed by atoms with van der Waals surface area (Å²) in [6.07, 6.45) is -0.220. The summed E-state index contributed by atoms with van der Waals surface area (Å²) in [5.41, 5.74) is 8.23. The van der Waals surface area contributed by atoms with Crippen LogP contribution in [-0.4, -0.2) is 12.5 Å². The highest BCUT2D eigenvalue weighted by atomic mass is 19.1. The van der Waals surface area contributed by atoms with E-state index in [1.807, 2.05) is 24.3 Å². The molecule has 0 saturated carbocycles. The van der Waals surface area contributed by atoms with Crippen LogP contribution in [0.3, 0.4) is 0 Å².